The van der Waals surface area contributed by atoms with E-state index in [1.54, 1.807) is 12.3 Å². The summed E-state index contributed by atoms with van der Waals surface area (Å²) in [6, 6.07) is 9.02. The van der Waals surface area contributed by atoms with Gasteiger partial charge in [-0.1, -0.05) is 6.07 Å². The molecule has 4 heterocycles. The topological polar surface area (TPSA) is 64.7 Å². The minimum atomic E-state index is -4.60. The molecule has 0 bridgehead atoms. The van der Waals surface area contributed by atoms with Crippen LogP contribution in [0.3, 0.4) is 0 Å². The second kappa shape index (κ2) is 9.77. The van der Waals surface area contributed by atoms with Gasteiger partial charge in [-0.3, -0.25) is 9.36 Å². The number of benzene rings is 1. The predicted molar refractivity (Wildman–Crippen MR) is 129 cm³/mol. The molecule has 4 aromatic rings. The van der Waals surface area contributed by atoms with E-state index in [-0.39, 0.29) is 30.4 Å². The van der Waals surface area contributed by atoms with Crippen molar-refractivity contribution in [1.29, 1.82) is 0 Å². The number of alkyl halides is 3. The molecule has 0 unspecified atom stereocenters. The molecular formula is C23H22Cl2F3N5O. The van der Waals surface area contributed by atoms with E-state index in [0.29, 0.717) is 11.1 Å². The Hall–Kier alpha value is -2.88. The Morgan fingerprint density at radius 3 is 2.35 bits per heavy atom. The third kappa shape index (κ3) is 4.55. The highest BCUT2D eigenvalue weighted by molar-refractivity contribution is 5.87. The third-order valence-corrected chi connectivity index (χ3v) is 5.95. The van der Waals surface area contributed by atoms with Gasteiger partial charge in [-0.15, -0.1) is 24.8 Å². The van der Waals surface area contributed by atoms with Crippen LogP contribution in [0.1, 0.15) is 17.1 Å². The van der Waals surface area contributed by atoms with E-state index in [9.17, 15) is 18.0 Å². The molecule has 0 aliphatic carbocycles. The van der Waals surface area contributed by atoms with Crippen molar-refractivity contribution < 1.29 is 13.2 Å². The SMILES string of the molecule is Cl.Cl.Cn1c2c(c3ccc(-n4ccc(-c5cnc(C(F)(F)F)nc5)cc4=O)cc31)CCNCC2. The van der Waals surface area contributed by atoms with Crippen molar-refractivity contribution in [2.75, 3.05) is 13.1 Å². The summed E-state index contributed by atoms with van der Waals surface area (Å²) in [5.74, 6) is -1.21. The molecule has 1 aromatic carbocycles. The molecule has 0 atom stereocenters. The number of nitrogens with one attached hydrogen (secondary N) is 1. The van der Waals surface area contributed by atoms with Crippen molar-refractivity contribution in [3.8, 4) is 16.8 Å². The Bertz CT molecular complexity index is 1380. The van der Waals surface area contributed by atoms with Gasteiger partial charge < -0.3 is 9.88 Å². The van der Waals surface area contributed by atoms with Gasteiger partial charge in [0, 0.05) is 61.3 Å². The van der Waals surface area contributed by atoms with Crippen molar-refractivity contribution in [3.63, 3.8) is 0 Å². The van der Waals surface area contributed by atoms with E-state index in [0.717, 1.165) is 49.5 Å². The maximum Gasteiger partial charge on any atom is 0.451 e. The quantitative estimate of drug-likeness (QED) is 0.434. The molecule has 0 saturated heterocycles. The Kier molecular flexibility index (Phi) is 7.40. The van der Waals surface area contributed by atoms with Crippen LogP contribution in [0.5, 0.6) is 0 Å². The number of aromatic nitrogens is 4. The maximum absolute atomic E-state index is 12.8. The van der Waals surface area contributed by atoms with Gasteiger partial charge in [0.2, 0.25) is 5.82 Å². The van der Waals surface area contributed by atoms with E-state index in [4.69, 9.17) is 0 Å². The lowest BCUT2D eigenvalue weighted by Crippen LogP contribution is -2.17. The van der Waals surface area contributed by atoms with Crippen LogP contribution in [0.4, 0.5) is 13.2 Å². The normalized spacial score (nSPS) is 13.5. The fourth-order valence-corrected chi connectivity index (χ4v) is 4.34. The second-order valence-corrected chi connectivity index (χ2v) is 7.85. The number of halogens is 5. The molecule has 0 spiro atoms. The minimum absolute atomic E-state index is 0. The number of hydrogen-bond donors (Lipinski definition) is 1. The van der Waals surface area contributed by atoms with Crippen molar-refractivity contribution in [1.82, 2.24) is 24.4 Å². The number of hydrogen-bond acceptors (Lipinski definition) is 4. The van der Waals surface area contributed by atoms with Gasteiger partial charge in [0.1, 0.15) is 0 Å². The number of pyridine rings is 1. The zero-order valence-electron chi connectivity index (χ0n) is 18.1. The highest BCUT2D eigenvalue weighted by atomic mass is 35.5. The van der Waals surface area contributed by atoms with E-state index < -0.39 is 12.0 Å². The lowest BCUT2D eigenvalue weighted by Gasteiger charge is -2.09. The average Bonchev–Trinajstić information content (AvgIpc) is 2.93. The molecule has 11 heteroatoms. The zero-order chi connectivity index (χ0) is 22.5. The summed E-state index contributed by atoms with van der Waals surface area (Å²) in [5.41, 5.74) is 4.97. The summed E-state index contributed by atoms with van der Waals surface area (Å²) in [6.45, 7) is 1.89. The van der Waals surface area contributed by atoms with Gasteiger partial charge in [0.25, 0.3) is 5.56 Å². The molecule has 0 saturated carbocycles. The lowest BCUT2D eigenvalue weighted by molar-refractivity contribution is -0.144. The molecule has 3 aromatic heterocycles. The number of rotatable bonds is 2. The highest BCUT2D eigenvalue weighted by Gasteiger charge is 2.34. The van der Waals surface area contributed by atoms with Crippen LogP contribution in [0.15, 0.2) is 53.7 Å². The summed E-state index contributed by atoms with van der Waals surface area (Å²) >= 11 is 0. The fourth-order valence-electron chi connectivity index (χ4n) is 4.34. The Morgan fingerprint density at radius 1 is 0.971 bits per heavy atom. The van der Waals surface area contributed by atoms with Crippen LogP contribution < -0.4 is 10.9 Å². The lowest BCUT2D eigenvalue weighted by atomic mass is 10.1. The molecule has 34 heavy (non-hydrogen) atoms. The third-order valence-electron chi connectivity index (χ3n) is 5.95. The molecule has 5 rings (SSSR count). The summed E-state index contributed by atoms with van der Waals surface area (Å²) < 4.78 is 41.8. The summed E-state index contributed by atoms with van der Waals surface area (Å²) in [6.07, 6.45) is 1.09. The van der Waals surface area contributed by atoms with Crippen LogP contribution in [-0.2, 0) is 26.1 Å². The standard InChI is InChI=1S/C23H20F3N5O.2ClH/c1-30-19-5-8-27-7-4-18(19)17-3-2-16(11-20(17)30)31-9-6-14(10-21(31)32)15-12-28-22(29-13-15)23(24,25)26;;/h2-3,6,9-13,27H,4-5,7-8H2,1H3;2*1H. The molecule has 0 fully saturated rings. The highest BCUT2D eigenvalue weighted by Crippen LogP contribution is 2.29. The van der Waals surface area contributed by atoms with E-state index in [1.165, 1.54) is 27.3 Å². The first-order valence-corrected chi connectivity index (χ1v) is 10.3. The Morgan fingerprint density at radius 2 is 1.68 bits per heavy atom. The number of aryl methyl sites for hydroxylation is 1. The average molecular weight is 512 g/mol. The van der Waals surface area contributed by atoms with Crippen molar-refractivity contribution in [2.24, 2.45) is 7.05 Å². The number of fused-ring (bicyclic) bond motifs is 3. The van der Waals surface area contributed by atoms with E-state index in [2.05, 4.69) is 25.9 Å². The van der Waals surface area contributed by atoms with Crippen LogP contribution in [0.25, 0.3) is 27.7 Å². The molecule has 0 amide bonds. The Balaban J connectivity index is 0.00000162. The Labute approximate surface area is 205 Å². The zero-order valence-corrected chi connectivity index (χ0v) is 19.7. The van der Waals surface area contributed by atoms with Gasteiger partial charge in [-0.2, -0.15) is 13.2 Å². The predicted octanol–water partition coefficient (Wildman–Crippen LogP) is 4.34. The van der Waals surface area contributed by atoms with Crippen LogP contribution in [-0.4, -0.2) is 32.2 Å². The van der Waals surface area contributed by atoms with Gasteiger partial charge in [-0.05, 0) is 42.3 Å². The molecule has 6 nitrogen and oxygen atoms in total. The molecule has 180 valence electrons. The summed E-state index contributed by atoms with van der Waals surface area (Å²) in [5, 5.41) is 4.62. The van der Waals surface area contributed by atoms with E-state index >= 15 is 0 Å². The first kappa shape index (κ1) is 25.7. The maximum atomic E-state index is 12.8. The van der Waals surface area contributed by atoms with Crippen LogP contribution >= 0.6 is 24.8 Å². The molecule has 1 aliphatic rings. The van der Waals surface area contributed by atoms with Gasteiger partial charge in [0.05, 0.1) is 11.2 Å². The first-order chi connectivity index (χ1) is 15.3. The largest absolute Gasteiger partial charge is 0.451 e. The fraction of sp³-hybridized carbons (Fsp3) is 0.261. The molecule has 1 N–H and O–H groups in total. The van der Waals surface area contributed by atoms with Crippen LogP contribution in [0.2, 0.25) is 0 Å². The molecular weight excluding hydrogens is 490 g/mol. The van der Waals surface area contributed by atoms with Gasteiger partial charge in [-0.25, -0.2) is 9.97 Å². The monoisotopic (exact) mass is 511 g/mol. The van der Waals surface area contributed by atoms with Crippen molar-refractivity contribution in [3.05, 3.63) is 76.4 Å². The minimum Gasteiger partial charge on any atom is -0.347 e. The van der Waals surface area contributed by atoms with Crippen molar-refractivity contribution >= 4 is 35.7 Å². The molecule has 1 aliphatic heterocycles. The van der Waals surface area contributed by atoms with Crippen molar-refractivity contribution in [2.45, 2.75) is 19.0 Å². The van der Waals surface area contributed by atoms with Crippen LogP contribution in [0, 0.1) is 0 Å². The summed E-state index contributed by atoms with van der Waals surface area (Å²) in [4.78, 5) is 19.6. The summed E-state index contributed by atoms with van der Waals surface area (Å²) in [7, 11) is 2.05. The van der Waals surface area contributed by atoms with Gasteiger partial charge in [0.15, 0.2) is 0 Å². The second-order valence-electron chi connectivity index (χ2n) is 7.85. The van der Waals surface area contributed by atoms with Gasteiger partial charge >= 0.3 is 6.18 Å². The first-order valence-electron chi connectivity index (χ1n) is 10.3. The van der Waals surface area contributed by atoms with E-state index in [1.807, 2.05) is 19.2 Å². The smallest absolute Gasteiger partial charge is 0.347 e. The molecule has 0 radical (unpaired) electrons. The number of nitrogens with zero attached hydrogens (tertiary/aromatic N) is 4.